The van der Waals surface area contributed by atoms with Crippen molar-refractivity contribution >= 4 is 50.7 Å². The molecule has 0 aliphatic carbocycles. The molecule has 0 aliphatic rings. The lowest BCUT2D eigenvalue weighted by atomic mass is 10.0. The second-order valence-electron chi connectivity index (χ2n) is 10.5. The van der Waals surface area contributed by atoms with E-state index >= 15 is 0 Å². The third-order valence-corrected chi connectivity index (χ3v) is 8.49. The van der Waals surface area contributed by atoms with Crippen LogP contribution < -0.4 is 9.62 Å². The maximum absolute atomic E-state index is 13.9. The van der Waals surface area contributed by atoms with Crippen molar-refractivity contribution in [2.24, 2.45) is 5.92 Å². The first-order valence-corrected chi connectivity index (χ1v) is 16.2. The lowest BCUT2D eigenvalue weighted by Crippen LogP contribution is -2.51. The Hall–Kier alpha value is -3.14. The standard InChI is InChI=1S/C31H36Cl2FN3O4S/c1-22(2)20-35-31(39)29(19-23-8-5-4-6-9-23)36(21-24-11-16-27(32)28(33)18-24)30(38)10-7-17-37(42(3,40)41)26-14-12-25(34)13-15-26/h4-6,8-9,11-16,18,22,29H,7,10,17,19-21H2,1-3H3,(H,35,39)/t29-/m0/s1. The average molecular weight is 637 g/mol. The predicted molar refractivity (Wildman–Crippen MR) is 167 cm³/mol. The molecular weight excluding hydrogens is 600 g/mol. The molecule has 0 unspecified atom stereocenters. The highest BCUT2D eigenvalue weighted by Gasteiger charge is 2.30. The van der Waals surface area contributed by atoms with Gasteiger partial charge in [-0.2, -0.15) is 0 Å². The summed E-state index contributed by atoms with van der Waals surface area (Å²) in [5.74, 6) is -0.890. The third kappa shape index (κ3) is 10.00. The van der Waals surface area contributed by atoms with Crippen molar-refractivity contribution in [2.45, 2.75) is 45.7 Å². The van der Waals surface area contributed by atoms with Crippen LogP contribution in [-0.4, -0.2) is 50.5 Å². The van der Waals surface area contributed by atoms with Gasteiger partial charge in [0.15, 0.2) is 0 Å². The van der Waals surface area contributed by atoms with E-state index in [1.54, 1.807) is 18.2 Å². The van der Waals surface area contributed by atoms with Crippen molar-refractivity contribution in [3.8, 4) is 0 Å². The minimum absolute atomic E-state index is 0.000281. The molecule has 0 bridgehead atoms. The van der Waals surface area contributed by atoms with E-state index in [0.29, 0.717) is 27.8 Å². The number of sulfonamides is 1. The Balaban J connectivity index is 1.90. The quantitative estimate of drug-likeness (QED) is 0.232. The number of hydrogen-bond donors (Lipinski definition) is 1. The van der Waals surface area contributed by atoms with Crippen molar-refractivity contribution in [1.82, 2.24) is 10.2 Å². The highest BCUT2D eigenvalue weighted by atomic mass is 35.5. The van der Waals surface area contributed by atoms with Crippen molar-refractivity contribution in [3.63, 3.8) is 0 Å². The molecule has 2 amide bonds. The van der Waals surface area contributed by atoms with Gasteiger partial charge in [-0.1, -0.05) is 73.4 Å². The number of carbonyl (C=O) groups is 2. The topological polar surface area (TPSA) is 86.8 Å². The molecule has 3 aromatic rings. The van der Waals surface area contributed by atoms with Crippen molar-refractivity contribution in [2.75, 3.05) is 23.7 Å². The van der Waals surface area contributed by atoms with E-state index in [9.17, 15) is 22.4 Å². The van der Waals surface area contributed by atoms with Crippen LogP contribution in [0.1, 0.15) is 37.8 Å². The van der Waals surface area contributed by atoms with Crippen molar-refractivity contribution in [1.29, 1.82) is 0 Å². The smallest absolute Gasteiger partial charge is 0.243 e. The summed E-state index contributed by atoms with van der Waals surface area (Å²) in [5.41, 5.74) is 1.87. The lowest BCUT2D eigenvalue weighted by molar-refractivity contribution is -0.141. The monoisotopic (exact) mass is 635 g/mol. The number of hydrogen-bond acceptors (Lipinski definition) is 4. The van der Waals surface area contributed by atoms with Gasteiger partial charge in [-0.3, -0.25) is 13.9 Å². The number of rotatable bonds is 14. The van der Waals surface area contributed by atoms with E-state index in [-0.39, 0.29) is 50.1 Å². The molecule has 11 heteroatoms. The minimum Gasteiger partial charge on any atom is -0.354 e. The van der Waals surface area contributed by atoms with Crippen LogP contribution in [0, 0.1) is 11.7 Å². The molecule has 0 saturated carbocycles. The van der Waals surface area contributed by atoms with E-state index < -0.39 is 21.9 Å². The zero-order valence-electron chi connectivity index (χ0n) is 23.9. The molecule has 0 aliphatic heterocycles. The first-order chi connectivity index (χ1) is 19.8. The van der Waals surface area contributed by atoms with Gasteiger partial charge in [-0.25, -0.2) is 12.8 Å². The summed E-state index contributed by atoms with van der Waals surface area (Å²) in [6, 6.07) is 18.8. The summed E-state index contributed by atoms with van der Waals surface area (Å²) in [6.07, 6.45) is 1.48. The van der Waals surface area contributed by atoms with Crippen LogP contribution in [0.4, 0.5) is 10.1 Å². The molecule has 1 N–H and O–H groups in total. The summed E-state index contributed by atoms with van der Waals surface area (Å²) in [7, 11) is -3.70. The molecule has 42 heavy (non-hydrogen) atoms. The maximum atomic E-state index is 13.9. The largest absolute Gasteiger partial charge is 0.354 e. The molecule has 1 atom stereocenters. The SMILES string of the molecule is CC(C)CNC(=O)[C@H](Cc1ccccc1)N(Cc1ccc(Cl)c(Cl)c1)C(=O)CCCN(c1ccc(F)cc1)S(C)(=O)=O. The van der Waals surface area contributed by atoms with Gasteiger partial charge in [-0.05, 0) is 59.9 Å². The Morgan fingerprint density at radius 3 is 2.19 bits per heavy atom. The lowest BCUT2D eigenvalue weighted by Gasteiger charge is -2.32. The van der Waals surface area contributed by atoms with E-state index in [2.05, 4.69) is 5.32 Å². The number of amides is 2. The van der Waals surface area contributed by atoms with Crippen LogP contribution in [0.3, 0.4) is 0 Å². The van der Waals surface area contributed by atoms with E-state index in [1.807, 2.05) is 44.2 Å². The van der Waals surface area contributed by atoms with Crippen LogP contribution in [0.5, 0.6) is 0 Å². The highest BCUT2D eigenvalue weighted by molar-refractivity contribution is 7.92. The van der Waals surface area contributed by atoms with Gasteiger partial charge in [0.1, 0.15) is 11.9 Å². The Bertz CT molecular complexity index is 1450. The number of anilines is 1. The molecule has 226 valence electrons. The molecule has 0 fully saturated rings. The molecule has 0 heterocycles. The van der Waals surface area contributed by atoms with Crippen LogP contribution in [0.15, 0.2) is 72.8 Å². The molecule has 3 aromatic carbocycles. The van der Waals surface area contributed by atoms with E-state index in [1.165, 1.54) is 29.2 Å². The molecule has 3 rings (SSSR count). The summed E-state index contributed by atoms with van der Waals surface area (Å²) >= 11 is 12.4. The summed E-state index contributed by atoms with van der Waals surface area (Å²) in [6.45, 7) is 4.51. The first kappa shape index (κ1) is 33.4. The second-order valence-corrected chi connectivity index (χ2v) is 13.3. The molecule has 0 radical (unpaired) electrons. The minimum atomic E-state index is -3.70. The van der Waals surface area contributed by atoms with Crippen LogP contribution in [-0.2, 0) is 32.6 Å². The number of carbonyl (C=O) groups excluding carboxylic acids is 2. The highest BCUT2D eigenvalue weighted by Crippen LogP contribution is 2.25. The number of benzene rings is 3. The van der Waals surface area contributed by atoms with Crippen LogP contribution in [0.25, 0.3) is 0 Å². The molecule has 0 spiro atoms. The fraction of sp³-hybridized carbons (Fsp3) is 0.355. The predicted octanol–water partition coefficient (Wildman–Crippen LogP) is 6.09. The normalized spacial score (nSPS) is 12.2. The van der Waals surface area contributed by atoms with Gasteiger partial charge in [0, 0.05) is 32.5 Å². The average Bonchev–Trinajstić information content (AvgIpc) is 2.94. The van der Waals surface area contributed by atoms with E-state index in [0.717, 1.165) is 16.1 Å². The van der Waals surface area contributed by atoms with Gasteiger partial charge < -0.3 is 10.2 Å². The van der Waals surface area contributed by atoms with Gasteiger partial charge in [0.05, 0.1) is 22.0 Å². The summed E-state index contributed by atoms with van der Waals surface area (Å²) in [4.78, 5) is 28.9. The Morgan fingerprint density at radius 1 is 0.929 bits per heavy atom. The molecule has 0 saturated heterocycles. The van der Waals surface area contributed by atoms with Gasteiger partial charge in [0.2, 0.25) is 21.8 Å². The Morgan fingerprint density at radius 2 is 1.60 bits per heavy atom. The van der Waals surface area contributed by atoms with Gasteiger partial charge >= 0.3 is 0 Å². The van der Waals surface area contributed by atoms with Crippen molar-refractivity contribution < 1.29 is 22.4 Å². The first-order valence-electron chi connectivity index (χ1n) is 13.6. The fourth-order valence-corrected chi connectivity index (χ4v) is 5.71. The molecular formula is C31H36Cl2FN3O4S. The third-order valence-electron chi connectivity index (χ3n) is 6.56. The number of halogens is 3. The Kier molecular flexibility index (Phi) is 12.2. The zero-order valence-corrected chi connectivity index (χ0v) is 26.2. The summed E-state index contributed by atoms with van der Waals surface area (Å²) in [5, 5.41) is 3.66. The van der Waals surface area contributed by atoms with Crippen molar-refractivity contribution in [3.05, 3.63) is 99.8 Å². The van der Waals surface area contributed by atoms with Gasteiger partial charge in [0.25, 0.3) is 0 Å². The summed E-state index contributed by atoms with van der Waals surface area (Å²) < 4.78 is 39.6. The van der Waals surface area contributed by atoms with Gasteiger partial charge in [-0.15, -0.1) is 0 Å². The van der Waals surface area contributed by atoms with Crippen LogP contribution in [0.2, 0.25) is 10.0 Å². The van der Waals surface area contributed by atoms with Crippen LogP contribution >= 0.6 is 23.2 Å². The number of nitrogens with one attached hydrogen (secondary N) is 1. The maximum Gasteiger partial charge on any atom is 0.243 e. The second kappa shape index (κ2) is 15.4. The zero-order chi connectivity index (χ0) is 30.9. The molecule has 0 aromatic heterocycles. The Labute approximate surface area is 257 Å². The number of nitrogens with zero attached hydrogens (tertiary/aromatic N) is 2. The van der Waals surface area contributed by atoms with E-state index in [4.69, 9.17) is 23.2 Å². The fourth-order valence-electron chi connectivity index (χ4n) is 4.42. The molecule has 7 nitrogen and oxygen atoms in total.